The number of nitrogens with one attached hydrogen (secondary N) is 1. The first-order valence-corrected chi connectivity index (χ1v) is 10.8. The molecule has 25 heavy (non-hydrogen) atoms. The molecule has 0 bridgehead atoms. The number of fused-ring (bicyclic) bond motifs is 1. The van der Waals surface area contributed by atoms with Crippen LogP contribution in [0.25, 0.3) is 0 Å². The molecule has 0 radical (unpaired) electrons. The zero-order chi connectivity index (χ0) is 18.4. The molecule has 1 aromatic rings. The van der Waals surface area contributed by atoms with E-state index in [4.69, 9.17) is 4.74 Å². The zero-order valence-electron chi connectivity index (χ0n) is 16.1. The molecule has 2 fully saturated rings. The lowest BCUT2D eigenvalue weighted by Crippen LogP contribution is -2.42. The van der Waals surface area contributed by atoms with Crippen LogP contribution >= 0.6 is 0 Å². The third kappa shape index (κ3) is 3.79. The normalized spacial score (nSPS) is 27.3. The van der Waals surface area contributed by atoms with Crippen LogP contribution in [0.4, 0.5) is 0 Å². The Morgan fingerprint density at radius 3 is 2.28 bits per heavy atom. The van der Waals surface area contributed by atoms with Gasteiger partial charge in [-0.1, -0.05) is 45.7 Å². The van der Waals surface area contributed by atoms with Crippen molar-refractivity contribution in [1.29, 1.82) is 0 Å². The summed E-state index contributed by atoms with van der Waals surface area (Å²) < 4.78 is 35.0. The molecule has 3 rings (SSSR count). The summed E-state index contributed by atoms with van der Waals surface area (Å²) in [5.74, 6) is 0.318. The van der Waals surface area contributed by atoms with E-state index in [1.165, 1.54) is 12.8 Å². The van der Waals surface area contributed by atoms with Gasteiger partial charge in [-0.05, 0) is 48.8 Å². The number of hydrogen-bond acceptors (Lipinski definition) is 3. The smallest absolute Gasteiger partial charge is 0.241 e. The third-order valence-electron chi connectivity index (χ3n) is 5.66. The van der Waals surface area contributed by atoms with Gasteiger partial charge in [-0.15, -0.1) is 0 Å². The molecule has 140 valence electrons. The van der Waals surface area contributed by atoms with E-state index >= 15 is 0 Å². The Hall–Kier alpha value is -0.910. The molecule has 3 unspecified atom stereocenters. The molecular formula is C20H31NO3S. The molecule has 4 nitrogen and oxygen atoms in total. The minimum Gasteiger partial charge on any atom is -0.376 e. The van der Waals surface area contributed by atoms with Crippen LogP contribution in [0.3, 0.4) is 0 Å². The van der Waals surface area contributed by atoms with Gasteiger partial charge in [0, 0.05) is 5.92 Å². The predicted octanol–water partition coefficient (Wildman–Crippen LogP) is 3.84. The number of sulfonamides is 1. The van der Waals surface area contributed by atoms with Crippen LogP contribution in [0.2, 0.25) is 0 Å². The van der Waals surface area contributed by atoms with Gasteiger partial charge in [0.05, 0.1) is 23.6 Å². The molecule has 1 N–H and O–H groups in total. The van der Waals surface area contributed by atoms with Crippen LogP contribution in [0.1, 0.15) is 63.1 Å². The van der Waals surface area contributed by atoms with Crippen molar-refractivity contribution < 1.29 is 13.2 Å². The fourth-order valence-electron chi connectivity index (χ4n) is 4.33. The number of aryl methyl sites for hydroxylation is 2. The molecule has 1 saturated heterocycles. The summed E-state index contributed by atoms with van der Waals surface area (Å²) in [4.78, 5) is 0.430. The molecule has 1 aromatic carbocycles. The van der Waals surface area contributed by atoms with Gasteiger partial charge in [0.15, 0.2) is 0 Å². The Kier molecular flexibility index (Phi) is 5.04. The molecule has 5 heteroatoms. The zero-order valence-corrected chi connectivity index (χ0v) is 16.9. The Bertz CT molecular complexity index is 726. The van der Waals surface area contributed by atoms with E-state index in [1.807, 2.05) is 26.0 Å². The molecule has 3 atom stereocenters. The predicted molar refractivity (Wildman–Crippen MR) is 100 cm³/mol. The summed E-state index contributed by atoms with van der Waals surface area (Å²) >= 11 is 0. The van der Waals surface area contributed by atoms with Crippen LogP contribution in [0.15, 0.2) is 17.0 Å². The monoisotopic (exact) mass is 365 g/mol. The summed E-state index contributed by atoms with van der Waals surface area (Å²) in [6.07, 6.45) is 4.70. The van der Waals surface area contributed by atoms with Crippen LogP contribution < -0.4 is 4.72 Å². The SMILES string of the molecule is Cc1cc(C(C)(C)C)cc(C)c1S(=O)(=O)NC1COC2CCCCC12. The minimum atomic E-state index is -3.55. The molecule has 0 aromatic heterocycles. The van der Waals surface area contributed by atoms with Crippen molar-refractivity contribution in [1.82, 2.24) is 4.72 Å². The first kappa shape index (κ1) is 18.9. The van der Waals surface area contributed by atoms with E-state index in [9.17, 15) is 8.42 Å². The Morgan fingerprint density at radius 1 is 1.08 bits per heavy atom. The standard InChI is InChI=1S/C20H31NO3S/c1-13-10-15(20(3,4)5)11-14(2)19(13)25(22,23)21-17-12-24-18-9-7-6-8-16(17)18/h10-11,16-18,21H,6-9,12H2,1-5H3. The number of rotatable bonds is 3. The molecule has 1 aliphatic heterocycles. The Morgan fingerprint density at radius 2 is 1.68 bits per heavy atom. The highest BCUT2D eigenvalue weighted by atomic mass is 32.2. The van der Waals surface area contributed by atoms with Gasteiger partial charge in [0.25, 0.3) is 0 Å². The number of hydrogen-bond donors (Lipinski definition) is 1. The lowest BCUT2D eigenvalue weighted by atomic mass is 9.84. The third-order valence-corrected chi connectivity index (χ3v) is 7.46. The van der Waals surface area contributed by atoms with Crippen molar-refractivity contribution in [3.63, 3.8) is 0 Å². The number of ether oxygens (including phenoxy) is 1. The quantitative estimate of drug-likeness (QED) is 0.885. The van der Waals surface area contributed by atoms with Crippen LogP contribution in [-0.2, 0) is 20.2 Å². The molecule has 1 aliphatic carbocycles. The molecule has 0 spiro atoms. The van der Waals surface area contributed by atoms with E-state index in [0.717, 1.165) is 29.5 Å². The lowest BCUT2D eigenvalue weighted by Gasteiger charge is -2.28. The highest BCUT2D eigenvalue weighted by Gasteiger charge is 2.41. The summed E-state index contributed by atoms with van der Waals surface area (Å²) in [5, 5.41) is 0. The second-order valence-electron chi connectivity index (χ2n) is 8.74. The Balaban J connectivity index is 1.88. The topological polar surface area (TPSA) is 55.4 Å². The number of benzene rings is 1. The van der Waals surface area contributed by atoms with Crippen molar-refractivity contribution in [2.45, 2.75) is 82.8 Å². The van der Waals surface area contributed by atoms with Gasteiger partial charge in [0.2, 0.25) is 10.0 Å². The van der Waals surface area contributed by atoms with Crippen molar-refractivity contribution in [2.75, 3.05) is 6.61 Å². The van der Waals surface area contributed by atoms with Gasteiger partial charge in [-0.3, -0.25) is 0 Å². The van der Waals surface area contributed by atoms with Gasteiger partial charge in [-0.25, -0.2) is 13.1 Å². The van der Waals surface area contributed by atoms with Crippen LogP contribution in [-0.4, -0.2) is 27.2 Å². The fourth-order valence-corrected chi connectivity index (χ4v) is 6.06. The second kappa shape index (κ2) is 6.67. The highest BCUT2D eigenvalue weighted by Crippen LogP contribution is 2.36. The maximum absolute atomic E-state index is 13.1. The highest BCUT2D eigenvalue weighted by molar-refractivity contribution is 7.89. The summed E-state index contributed by atoms with van der Waals surface area (Å²) in [6, 6.07) is 3.92. The summed E-state index contributed by atoms with van der Waals surface area (Å²) in [6.45, 7) is 10.7. The maximum atomic E-state index is 13.1. The van der Waals surface area contributed by atoms with Crippen LogP contribution in [0, 0.1) is 19.8 Å². The largest absolute Gasteiger partial charge is 0.376 e. The van der Waals surface area contributed by atoms with Gasteiger partial charge in [0.1, 0.15) is 0 Å². The fraction of sp³-hybridized carbons (Fsp3) is 0.700. The summed E-state index contributed by atoms with van der Waals surface area (Å²) in [5.41, 5.74) is 2.80. The van der Waals surface area contributed by atoms with Gasteiger partial charge >= 0.3 is 0 Å². The second-order valence-corrected chi connectivity index (χ2v) is 10.4. The molecule has 1 saturated carbocycles. The van der Waals surface area contributed by atoms with E-state index < -0.39 is 10.0 Å². The first-order valence-electron chi connectivity index (χ1n) is 9.35. The van der Waals surface area contributed by atoms with Crippen molar-refractivity contribution in [3.05, 3.63) is 28.8 Å². The average molecular weight is 366 g/mol. The van der Waals surface area contributed by atoms with Gasteiger partial charge < -0.3 is 4.74 Å². The molecule has 0 amide bonds. The van der Waals surface area contributed by atoms with Crippen molar-refractivity contribution in [3.8, 4) is 0 Å². The van der Waals surface area contributed by atoms with Crippen molar-refractivity contribution >= 4 is 10.0 Å². The van der Waals surface area contributed by atoms with E-state index in [2.05, 4.69) is 25.5 Å². The molecule has 2 aliphatic rings. The van der Waals surface area contributed by atoms with E-state index in [1.54, 1.807) is 0 Å². The van der Waals surface area contributed by atoms with E-state index in [-0.39, 0.29) is 17.6 Å². The van der Waals surface area contributed by atoms with Gasteiger partial charge in [-0.2, -0.15) is 0 Å². The van der Waals surface area contributed by atoms with Crippen molar-refractivity contribution in [2.24, 2.45) is 5.92 Å². The summed E-state index contributed by atoms with van der Waals surface area (Å²) in [7, 11) is -3.55. The lowest BCUT2D eigenvalue weighted by molar-refractivity contribution is 0.0663. The molecule has 1 heterocycles. The average Bonchev–Trinajstić information content (AvgIpc) is 2.88. The Labute approximate surface area is 152 Å². The molecular weight excluding hydrogens is 334 g/mol. The minimum absolute atomic E-state index is 0.000147. The first-order chi connectivity index (χ1) is 11.6. The maximum Gasteiger partial charge on any atom is 0.241 e. The van der Waals surface area contributed by atoms with Crippen LogP contribution in [0.5, 0.6) is 0 Å². The van der Waals surface area contributed by atoms with E-state index in [0.29, 0.717) is 17.4 Å².